The number of benzene rings is 1. The molecule has 154 valence electrons. The van der Waals surface area contributed by atoms with Gasteiger partial charge in [0.1, 0.15) is 5.75 Å². The van der Waals surface area contributed by atoms with E-state index in [-0.39, 0.29) is 23.8 Å². The number of hydrogen-bond donors (Lipinski definition) is 1. The third kappa shape index (κ3) is 5.15. The summed E-state index contributed by atoms with van der Waals surface area (Å²) in [4.78, 5) is 30.9. The number of carbonyl (C=O) groups excluding carboxylic acids is 1. The fraction of sp³-hybridized carbons (Fsp3) is 0.565. The fourth-order valence-electron chi connectivity index (χ4n) is 3.66. The first-order valence-electron chi connectivity index (χ1n) is 10.3. The lowest BCUT2D eigenvalue weighted by Crippen LogP contribution is -2.36. The van der Waals surface area contributed by atoms with Gasteiger partial charge in [0.25, 0.3) is 5.56 Å². The number of methoxy groups -OCH3 is 1. The number of aromatic amines is 1. The number of nitrogens with zero attached hydrogens (tertiary/aromatic N) is 1. The molecular weight excluding hydrogens is 352 g/mol. The number of unbranched alkanes of at least 4 members (excludes halogenated alkanes) is 1. The predicted octanol–water partition coefficient (Wildman–Crippen LogP) is 4.49. The molecule has 2 rings (SSSR count). The highest BCUT2D eigenvalue weighted by molar-refractivity contribution is 5.90. The van der Waals surface area contributed by atoms with E-state index in [2.05, 4.69) is 25.8 Å². The number of H-pyrrole nitrogens is 1. The Bertz CT molecular complexity index is 868. The molecule has 0 fully saturated rings. The molecule has 1 aromatic heterocycles. The number of nitrogens with one attached hydrogen (secondary N) is 1. The molecule has 2 aromatic rings. The van der Waals surface area contributed by atoms with Crippen molar-refractivity contribution in [3.8, 4) is 5.75 Å². The van der Waals surface area contributed by atoms with E-state index in [1.807, 2.05) is 36.9 Å². The van der Waals surface area contributed by atoms with Crippen LogP contribution in [0.15, 0.2) is 23.0 Å². The summed E-state index contributed by atoms with van der Waals surface area (Å²) in [5.41, 5.74) is 2.13. The van der Waals surface area contributed by atoms with Crippen molar-refractivity contribution in [2.24, 2.45) is 5.92 Å². The SMILES string of the molecule is CCCCN(CC(C)C)C(=O)Cc1c(C(C)C)c(=O)[nH]c2cc(OC)ccc12. The lowest BCUT2D eigenvalue weighted by molar-refractivity contribution is -0.131. The first-order valence-corrected chi connectivity index (χ1v) is 10.3. The van der Waals surface area contributed by atoms with Crippen molar-refractivity contribution in [1.82, 2.24) is 9.88 Å². The summed E-state index contributed by atoms with van der Waals surface area (Å²) in [5.74, 6) is 1.21. The maximum atomic E-state index is 13.2. The van der Waals surface area contributed by atoms with Gasteiger partial charge in [0, 0.05) is 30.1 Å². The molecule has 1 aromatic carbocycles. The number of rotatable bonds is 9. The summed E-state index contributed by atoms with van der Waals surface area (Å²) in [6.07, 6.45) is 2.28. The van der Waals surface area contributed by atoms with Crippen LogP contribution in [0.25, 0.3) is 10.9 Å². The van der Waals surface area contributed by atoms with Crippen LogP contribution < -0.4 is 10.3 Å². The predicted molar refractivity (Wildman–Crippen MR) is 115 cm³/mol. The maximum absolute atomic E-state index is 13.2. The van der Waals surface area contributed by atoms with Crippen LogP contribution in [0.1, 0.15) is 64.5 Å². The Labute approximate surface area is 168 Å². The fourth-order valence-corrected chi connectivity index (χ4v) is 3.66. The number of amides is 1. The van der Waals surface area contributed by atoms with Crippen LogP contribution >= 0.6 is 0 Å². The van der Waals surface area contributed by atoms with Crippen molar-refractivity contribution in [2.45, 2.75) is 59.8 Å². The minimum Gasteiger partial charge on any atom is -0.497 e. The topological polar surface area (TPSA) is 62.4 Å². The molecule has 1 heterocycles. The highest BCUT2D eigenvalue weighted by Crippen LogP contribution is 2.27. The number of carbonyl (C=O) groups is 1. The van der Waals surface area contributed by atoms with E-state index in [1.165, 1.54) is 0 Å². The molecule has 0 spiro atoms. The minimum absolute atomic E-state index is 0.0345. The lowest BCUT2D eigenvalue weighted by atomic mass is 9.92. The first-order chi connectivity index (χ1) is 13.3. The average molecular weight is 387 g/mol. The Morgan fingerprint density at radius 1 is 1.21 bits per heavy atom. The van der Waals surface area contributed by atoms with Gasteiger partial charge in [-0.2, -0.15) is 0 Å². The van der Waals surface area contributed by atoms with Gasteiger partial charge >= 0.3 is 0 Å². The Morgan fingerprint density at radius 3 is 2.50 bits per heavy atom. The van der Waals surface area contributed by atoms with Gasteiger partial charge < -0.3 is 14.6 Å². The van der Waals surface area contributed by atoms with E-state index >= 15 is 0 Å². The average Bonchev–Trinajstić information content (AvgIpc) is 2.63. The summed E-state index contributed by atoms with van der Waals surface area (Å²) in [7, 11) is 1.60. The van der Waals surface area contributed by atoms with E-state index in [9.17, 15) is 9.59 Å². The normalized spacial score (nSPS) is 11.4. The number of pyridine rings is 1. The Balaban J connectivity index is 2.52. The van der Waals surface area contributed by atoms with Crippen LogP contribution in [0.4, 0.5) is 0 Å². The smallest absolute Gasteiger partial charge is 0.252 e. The molecule has 0 atom stereocenters. The quantitative estimate of drug-likeness (QED) is 0.691. The summed E-state index contributed by atoms with van der Waals surface area (Å²) < 4.78 is 5.29. The summed E-state index contributed by atoms with van der Waals surface area (Å²) >= 11 is 0. The molecule has 0 bridgehead atoms. The van der Waals surface area contributed by atoms with Crippen LogP contribution in [-0.4, -0.2) is 36.0 Å². The molecule has 0 saturated carbocycles. The van der Waals surface area contributed by atoms with Crippen LogP contribution in [0.5, 0.6) is 5.75 Å². The molecule has 0 unspecified atom stereocenters. The zero-order valence-electron chi connectivity index (χ0n) is 18.1. The highest BCUT2D eigenvalue weighted by Gasteiger charge is 2.21. The van der Waals surface area contributed by atoms with E-state index in [1.54, 1.807) is 7.11 Å². The molecule has 0 radical (unpaired) electrons. The van der Waals surface area contributed by atoms with Gasteiger partial charge in [0.05, 0.1) is 19.0 Å². The Kier molecular flexibility index (Phi) is 7.67. The largest absolute Gasteiger partial charge is 0.497 e. The van der Waals surface area contributed by atoms with Gasteiger partial charge in [-0.15, -0.1) is 0 Å². The molecule has 0 saturated heterocycles. The van der Waals surface area contributed by atoms with Gasteiger partial charge in [-0.3, -0.25) is 9.59 Å². The van der Waals surface area contributed by atoms with Crippen LogP contribution in [0.3, 0.4) is 0 Å². The number of fused-ring (bicyclic) bond motifs is 1. The minimum atomic E-state index is -0.123. The summed E-state index contributed by atoms with van der Waals surface area (Å²) in [6, 6.07) is 5.64. The Morgan fingerprint density at radius 2 is 1.93 bits per heavy atom. The molecule has 0 aliphatic rings. The second-order valence-electron chi connectivity index (χ2n) is 8.18. The highest BCUT2D eigenvalue weighted by atomic mass is 16.5. The zero-order chi connectivity index (χ0) is 20.8. The third-order valence-electron chi connectivity index (χ3n) is 4.99. The second-order valence-corrected chi connectivity index (χ2v) is 8.18. The molecule has 5 nitrogen and oxygen atoms in total. The van der Waals surface area contributed by atoms with Gasteiger partial charge in [0.15, 0.2) is 0 Å². The lowest BCUT2D eigenvalue weighted by Gasteiger charge is -2.25. The van der Waals surface area contributed by atoms with Crippen LogP contribution in [0, 0.1) is 5.92 Å². The monoisotopic (exact) mass is 386 g/mol. The van der Waals surface area contributed by atoms with Crippen molar-refractivity contribution in [3.05, 3.63) is 39.7 Å². The van der Waals surface area contributed by atoms with Gasteiger partial charge in [-0.25, -0.2) is 0 Å². The van der Waals surface area contributed by atoms with Gasteiger partial charge in [0.2, 0.25) is 5.91 Å². The molecule has 1 N–H and O–H groups in total. The first kappa shape index (κ1) is 22.0. The zero-order valence-corrected chi connectivity index (χ0v) is 18.1. The van der Waals surface area contributed by atoms with Crippen molar-refractivity contribution in [3.63, 3.8) is 0 Å². The van der Waals surface area contributed by atoms with Crippen molar-refractivity contribution < 1.29 is 9.53 Å². The number of ether oxygens (including phenoxy) is 1. The summed E-state index contributed by atoms with van der Waals surface area (Å²) in [5, 5.41) is 0.914. The molecular formula is C23H34N2O3. The van der Waals surface area contributed by atoms with Crippen molar-refractivity contribution in [2.75, 3.05) is 20.2 Å². The molecule has 0 aliphatic heterocycles. The van der Waals surface area contributed by atoms with E-state index in [4.69, 9.17) is 4.74 Å². The van der Waals surface area contributed by atoms with E-state index in [0.29, 0.717) is 22.7 Å². The second kappa shape index (κ2) is 9.76. The van der Waals surface area contributed by atoms with Crippen molar-refractivity contribution >= 4 is 16.8 Å². The van der Waals surface area contributed by atoms with Crippen LogP contribution in [0.2, 0.25) is 0 Å². The van der Waals surface area contributed by atoms with Gasteiger partial charge in [-0.05, 0) is 36.0 Å². The van der Waals surface area contributed by atoms with Crippen LogP contribution in [-0.2, 0) is 11.2 Å². The molecule has 5 heteroatoms. The standard InChI is InChI=1S/C23H34N2O3/c1-7-8-11-25(14-15(2)3)21(26)13-19-18-10-9-17(28-6)12-20(18)24-23(27)22(19)16(4)5/h9-10,12,15-16H,7-8,11,13-14H2,1-6H3,(H,24,27). The van der Waals surface area contributed by atoms with Crippen molar-refractivity contribution in [1.29, 1.82) is 0 Å². The van der Waals surface area contributed by atoms with Gasteiger partial charge in [-0.1, -0.05) is 41.0 Å². The molecule has 1 amide bonds. The van der Waals surface area contributed by atoms with E-state index in [0.717, 1.165) is 36.9 Å². The number of aromatic nitrogens is 1. The number of hydrogen-bond acceptors (Lipinski definition) is 3. The third-order valence-corrected chi connectivity index (χ3v) is 4.99. The molecule has 0 aliphatic carbocycles. The summed E-state index contributed by atoms with van der Waals surface area (Å²) in [6.45, 7) is 11.9. The Hall–Kier alpha value is -2.30. The molecule has 28 heavy (non-hydrogen) atoms. The van der Waals surface area contributed by atoms with E-state index < -0.39 is 0 Å². The maximum Gasteiger partial charge on any atom is 0.252 e.